The Bertz CT molecular complexity index is 798. The van der Waals surface area contributed by atoms with Gasteiger partial charge in [0.05, 0.1) is 17.1 Å². The molecule has 2 aromatic carbocycles. The summed E-state index contributed by atoms with van der Waals surface area (Å²) < 4.78 is 3.90. The van der Waals surface area contributed by atoms with Gasteiger partial charge in [0, 0.05) is 22.4 Å². The van der Waals surface area contributed by atoms with Crippen molar-refractivity contribution >= 4 is 42.9 Å². The Morgan fingerprint density at radius 1 is 1.19 bits per heavy atom. The van der Waals surface area contributed by atoms with E-state index in [1.807, 2.05) is 54.1 Å². The lowest BCUT2D eigenvalue weighted by Crippen LogP contribution is -2.07. The van der Waals surface area contributed by atoms with Crippen molar-refractivity contribution in [2.24, 2.45) is 7.05 Å². The van der Waals surface area contributed by atoms with Crippen molar-refractivity contribution in [2.75, 3.05) is 0 Å². The summed E-state index contributed by atoms with van der Waals surface area (Å²) in [6.45, 7) is 0. The third-order valence-electron chi connectivity index (χ3n) is 3.58. The number of benzene rings is 2. The monoisotopic (exact) mass is 408 g/mol. The Morgan fingerprint density at radius 2 is 1.95 bits per heavy atom. The fourth-order valence-electron chi connectivity index (χ4n) is 2.43. The van der Waals surface area contributed by atoms with E-state index in [4.69, 9.17) is 0 Å². The molecular weight excluding hydrogens is 396 g/mol. The van der Waals surface area contributed by atoms with Crippen LogP contribution in [0, 0.1) is 0 Å². The van der Waals surface area contributed by atoms with Crippen molar-refractivity contribution in [3.05, 3.63) is 62.8 Å². The van der Waals surface area contributed by atoms with Gasteiger partial charge in [-0.15, -0.1) is 0 Å². The number of rotatable bonds is 3. The predicted molar refractivity (Wildman–Crippen MR) is 91.2 cm³/mol. The van der Waals surface area contributed by atoms with Crippen LogP contribution in [0.3, 0.4) is 0 Å². The Morgan fingerprint density at radius 3 is 2.67 bits per heavy atom. The van der Waals surface area contributed by atoms with Gasteiger partial charge in [-0.25, -0.2) is 4.98 Å². The summed E-state index contributed by atoms with van der Waals surface area (Å²) in [7, 11) is 1.98. The van der Waals surface area contributed by atoms with Gasteiger partial charge < -0.3 is 9.67 Å². The van der Waals surface area contributed by atoms with Crippen LogP contribution in [0.15, 0.2) is 51.4 Å². The number of nitrogens with zero attached hydrogens (tertiary/aromatic N) is 2. The highest BCUT2D eigenvalue weighted by molar-refractivity contribution is 9.11. The molecular formula is C16H14Br2N2O. The van der Waals surface area contributed by atoms with E-state index in [9.17, 15) is 5.11 Å². The number of imidazole rings is 1. The van der Waals surface area contributed by atoms with Crippen molar-refractivity contribution in [1.82, 2.24) is 9.55 Å². The maximum absolute atomic E-state index is 10.5. The molecule has 1 unspecified atom stereocenters. The second-order valence-electron chi connectivity index (χ2n) is 4.96. The minimum atomic E-state index is -0.594. The summed E-state index contributed by atoms with van der Waals surface area (Å²) >= 11 is 6.92. The molecule has 5 heteroatoms. The summed E-state index contributed by atoms with van der Waals surface area (Å²) in [6, 6.07) is 13.8. The molecule has 0 aliphatic heterocycles. The molecule has 3 aromatic rings. The molecule has 1 heterocycles. The van der Waals surface area contributed by atoms with Crippen molar-refractivity contribution in [2.45, 2.75) is 12.5 Å². The largest absolute Gasteiger partial charge is 0.388 e. The van der Waals surface area contributed by atoms with Gasteiger partial charge in [0.1, 0.15) is 5.82 Å². The number of para-hydroxylation sites is 2. The van der Waals surface area contributed by atoms with Crippen molar-refractivity contribution < 1.29 is 5.11 Å². The number of hydrogen-bond acceptors (Lipinski definition) is 2. The van der Waals surface area contributed by atoms with E-state index in [0.717, 1.165) is 31.4 Å². The zero-order chi connectivity index (χ0) is 15.0. The fraction of sp³-hybridized carbons (Fsp3) is 0.188. The van der Waals surface area contributed by atoms with E-state index in [2.05, 4.69) is 36.8 Å². The molecule has 21 heavy (non-hydrogen) atoms. The molecule has 0 fully saturated rings. The number of hydrogen-bond donors (Lipinski definition) is 1. The van der Waals surface area contributed by atoms with Crippen molar-refractivity contribution in [3.8, 4) is 0 Å². The number of halogens is 2. The lowest BCUT2D eigenvalue weighted by atomic mass is 10.1. The van der Waals surface area contributed by atoms with E-state index >= 15 is 0 Å². The average molecular weight is 410 g/mol. The second-order valence-corrected chi connectivity index (χ2v) is 6.73. The summed E-state index contributed by atoms with van der Waals surface area (Å²) in [5.41, 5.74) is 2.90. The van der Waals surface area contributed by atoms with Crippen molar-refractivity contribution in [3.63, 3.8) is 0 Å². The van der Waals surface area contributed by atoms with E-state index in [1.165, 1.54) is 0 Å². The third kappa shape index (κ3) is 2.91. The van der Waals surface area contributed by atoms with E-state index in [1.54, 1.807) is 0 Å². The Balaban J connectivity index is 1.92. The molecule has 0 bridgehead atoms. The molecule has 0 saturated carbocycles. The maximum Gasteiger partial charge on any atom is 0.112 e. The minimum absolute atomic E-state index is 0.478. The molecule has 0 aliphatic carbocycles. The topological polar surface area (TPSA) is 38.0 Å². The SMILES string of the molecule is Cn1c(CC(O)c2ccc(Br)cc2Br)nc2ccccc21. The van der Waals surface area contributed by atoms with Gasteiger partial charge in [0.25, 0.3) is 0 Å². The molecule has 3 nitrogen and oxygen atoms in total. The molecule has 0 saturated heterocycles. The first-order valence-electron chi connectivity index (χ1n) is 6.59. The number of fused-ring (bicyclic) bond motifs is 1. The van der Waals surface area contributed by atoms with Crippen LogP contribution in [-0.4, -0.2) is 14.7 Å². The second kappa shape index (κ2) is 5.91. The van der Waals surface area contributed by atoms with Crippen LogP contribution in [0.4, 0.5) is 0 Å². The average Bonchev–Trinajstić information content (AvgIpc) is 2.76. The molecule has 1 N–H and O–H groups in total. The van der Waals surface area contributed by atoms with Crippen LogP contribution in [0.5, 0.6) is 0 Å². The number of aliphatic hydroxyl groups excluding tert-OH is 1. The van der Waals surface area contributed by atoms with E-state index < -0.39 is 6.10 Å². The lowest BCUT2D eigenvalue weighted by Gasteiger charge is -2.13. The van der Waals surface area contributed by atoms with Gasteiger partial charge in [0.2, 0.25) is 0 Å². The summed E-state index contributed by atoms with van der Waals surface area (Å²) in [5, 5.41) is 10.5. The van der Waals surface area contributed by atoms with Gasteiger partial charge in [-0.2, -0.15) is 0 Å². The number of aryl methyl sites for hydroxylation is 1. The van der Waals surface area contributed by atoms with Crippen molar-refractivity contribution in [1.29, 1.82) is 0 Å². The highest BCUT2D eigenvalue weighted by atomic mass is 79.9. The van der Waals surface area contributed by atoms with Crippen LogP contribution in [-0.2, 0) is 13.5 Å². The standard InChI is InChI=1S/C16H14Br2N2O/c1-20-14-5-3-2-4-13(14)19-16(20)9-15(21)11-7-6-10(17)8-12(11)18/h2-8,15,21H,9H2,1H3. The summed E-state index contributed by atoms with van der Waals surface area (Å²) in [5.74, 6) is 0.874. The third-order valence-corrected chi connectivity index (χ3v) is 4.76. The van der Waals surface area contributed by atoms with Gasteiger partial charge in [-0.3, -0.25) is 0 Å². The first-order chi connectivity index (χ1) is 10.1. The van der Waals surface area contributed by atoms with E-state index in [0.29, 0.717) is 6.42 Å². The quantitative estimate of drug-likeness (QED) is 0.697. The minimum Gasteiger partial charge on any atom is -0.388 e. The maximum atomic E-state index is 10.5. The summed E-state index contributed by atoms with van der Waals surface area (Å²) in [4.78, 5) is 4.60. The van der Waals surface area contributed by atoms with Crippen LogP contribution >= 0.6 is 31.9 Å². The number of aliphatic hydroxyl groups is 1. The highest BCUT2D eigenvalue weighted by Gasteiger charge is 2.16. The molecule has 0 amide bonds. The lowest BCUT2D eigenvalue weighted by molar-refractivity contribution is 0.174. The highest BCUT2D eigenvalue weighted by Crippen LogP contribution is 2.29. The summed E-state index contributed by atoms with van der Waals surface area (Å²) in [6.07, 6.45) is -0.117. The molecule has 0 aliphatic rings. The zero-order valence-corrected chi connectivity index (χ0v) is 14.6. The van der Waals surface area contributed by atoms with Gasteiger partial charge in [-0.05, 0) is 29.8 Å². The number of aromatic nitrogens is 2. The molecule has 108 valence electrons. The van der Waals surface area contributed by atoms with E-state index in [-0.39, 0.29) is 0 Å². The molecule has 0 spiro atoms. The smallest absolute Gasteiger partial charge is 0.112 e. The molecule has 0 radical (unpaired) electrons. The van der Waals surface area contributed by atoms with Gasteiger partial charge >= 0.3 is 0 Å². The predicted octanol–water partition coefficient (Wildman–Crippen LogP) is 4.37. The van der Waals surface area contributed by atoms with Gasteiger partial charge in [0.15, 0.2) is 0 Å². The van der Waals surface area contributed by atoms with Crippen LogP contribution in [0.25, 0.3) is 11.0 Å². The molecule has 1 atom stereocenters. The van der Waals surface area contributed by atoms with Crippen LogP contribution in [0.2, 0.25) is 0 Å². The first-order valence-corrected chi connectivity index (χ1v) is 8.18. The fourth-order valence-corrected chi connectivity index (χ4v) is 3.74. The first kappa shape index (κ1) is 14.8. The Kier molecular flexibility index (Phi) is 4.15. The normalized spacial score (nSPS) is 12.8. The molecule has 1 aromatic heterocycles. The zero-order valence-electron chi connectivity index (χ0n) is 11.4. The van der Waals surface area contributed by atoms with Crippen LogP contribution in [0.1, 0.15) is 17.5 Å². The van der Waals surface area contributed by atoms with Gasteiger partial charge in [-0.1, -0.05) is 50.1 Å². The Hall–Kier alpha value is -1.17. The molecule has 3 rings (SSSR count). The Labute approximate surface area is 139 Å². The van der Waals surface area contributed by atoms with Crippen LogP contribution < -0.4 is 0 Å².